The number of methoxy groups -OCH3 is 1. The van der Waals surface area contributed by atoms with E-state index in [-0.39, 0.29) is 11.9 Å². The third-order valence-electron chi connectivity index (χ3n) is 5.19. The Kier molecular flexibility index (Phi) is 7.21. The molecule has 1 atom stereocenters. The number of nitrogens with zero attached hydrogens (tertiary/aromatic N) is 2. The normalized spacial score (nSPS) is 12.5. The van der Waals surface area contributed by atoms with E-state index < -0.39 is 5.41 Å². The summed E-state index contributed by atoms with van der Waals surface area (Å²) >= 11 is 0. The molecule has 0 aliphatic heterocycles. The minimum Gasteiger partial charge on any atom is -0.497 e. The predicted molar refractivity (Wildman–Crippen MR) is 123 cm³/mol. The molecule has 1 heterocycles. The second-order valence-corrected chi connectivity index (χ2v) is 8.79. The maximum atomic E-state index is 12.5. The van der Waals surface area contributed by atoms with E-state index in [9.17, 15) is 4.79 Å². The monoisotopic (exact) mass is 423 g/mol. The van der Waals surface area contributed by atoms with Gasteiger partial charge < -0.3 is 19.4 Å². The quantitative estimate of drug-likeness (QED) is 0.485. The molecule has 1 N–H and O–H groups in total. The van der Waals surface area contributed by atoms with E-state index in [1.54, 1.807) is 7.11 Å². The van der Waals surface area contributed by atoms with Gasteiger partial charge in [-0.15, -0.1) is 0 Å². The standard InChI is InChI=1S/C25H33N3O3/c1-18(26-24(29)25(2,3)4)23-27-21-13-6-7-14-22(21)28(23)15-8-9-16-31-20-12-10-11-19(17-20)30-5/h6-7,10-14,17-18H,8-9,15-16H2,1-5H3,(H,26,29). The van der Waals surface area contributed by atoms with Crippen molar-refractivity contribution in [3.8, 4) is 11.5 Å². The first-order chi connectivity index (χ1) is 14.8. The number of ether oxygens (including phenoxy) is 2. The van der Waals surface area contributed by atoms with Crippen LogP contribution in [0, 0.1) is 5.41 Å². The Balaban J connectivity index is 1.65. The molecule has 0 saturated carbocycles. The Morgan fingerprint density at radius 3 is 2.58 bits per heavy atom. The van der Waals surface area contributed by atoms with Gasteiger partial charge in [-0.1, -0.05) is 39.0 Å². The molecule has 0 saturated heterocycles. The Hall–Kier alpha value is -3.02. The fraction of sp³-hybridized carbons (Fsp3) is 0.440. The number of imidazole rings is 1. The maximum Gasteiger partial charge on any atom is 0.225 e. The third-order valence-corrected chi connectivity index (χ3v) is 5.19. The van der Waals surface area contributed by atoms with Crippen LogP contribution >= 0.6 is 0 Å². The van der Waals surface area contributed by atoms with Crippen molar-refractivity contribution in [2.45, 2.75) is 53.1 Å². The van der Waals surface area contributed by atoms with E-state index in [1.165, 1.54) is 0 Å². The summed E-state index contributed by atoms with van der Waals surface area (Å²) in [6, 6.07) is 15.6. The number of unbranched alkanes of at least 4 members (excludes halogenated alkanes) is 1. The van der Waals surface area contributed by atoms with Crippen LogP contribution < -0.4 is 14.8 Å². The van der Waals surface area contributed by atoms with Gasteiger partial charge in [0, 0.05) is 18.0 Å². The number of fused-ring (bicyclic) bond motifs is 1. The largest absolute Gasteiger partial charge is 0.497 e. The van der Waals surface area contributed by atoms with Gasteiger partial charge in [0.25, 0.3) is 0 Å². The van der Waals surface area contributed by atoms with E-state index >= 15 is 0 Å². The van der Waals surface area contributed by atoms with E-state index in [1.807, 2.05) is 70.2 Å². The van der Waals surface area contributed by atoms with Crippen LogP contribution in [0.3, 0.4) is 0 Å². The lowest BCUT2D eigenvalue weighted by molar-refractivity contribution is -0.129. The van der Waals surface area contributed by atoms with Crippen molar-refractivity contribution < 1.29 is 14.3 Å². The lowest BCUT2D eigenvalue weighted by Gasteiger charge is -2.22. The van der Waals surface area contributed by atoms with E-state index in [0.717, 1.165) is 47.7 Å². The van der Waals surface area contributed by atoms with Gasteiger partial charge in [-0.05, 0) is 44.0 Å². The second-order valence-electron chi connectivity index (χ2n) is 8.79. The number of hydrogen-bond acceptors (Lipinski definition) is 4. The van der Waals surface area contributed by atoms with Crippen molar-refractivity contribution in [3.05, 3.63) is 54.4 Å². The van der Waals surface area contributed by atoms with Gasteiger partial charge in [0.2, 0.25) is 5.91 Å². The number of amides is 1. The number of hydrogen-bond donors (Lipinski definition) is 1. The number of rotatable bonds is 9. The Labute approximate surface area is 184 Å². The fourth-order valence-electron chi connectivity index (χ4n) is 3.39. The molecule has 0 radical (unpaired) electrons. The minimum atomic E-state index is -0.442. The molecular weight excluding hydrogens is 390 g/mol. The molecule has 31 heavy (non-hydrogen) atoms. The average Bonchev–Trinajstić information content (AvgIpc) is 3.12. The van der Waals surface area contributed by atoms with E-state index in [4.69, 9.17) is 14.5 Å². The molecule has 1 aromatic heterocycles. The SMILES string of the molecule is COc1cccc(OCCCCn2c(C(C)NC(=O)C(C)(C)C)nc3ccccc32)c1. The maximum absolute atomic E-state index is 12.5. The van der Waals surface area contributed by atoms with E-state index in [2.05, 4.69) is 16.0 Å². The van der Waals surface area contributed by atoms with Crippen LogP contribution in [0.15, 0.2) is 48.5 Å². The topological polar surface area (TPSA) is 65.4 Å². The smallest absolute Gasteiger partial charge is 0.225 e. The molecule has 0 aliphatic rings. The van der Waals surface area contributed by atoms with Crippen LogP contribution in [-0.4, -0.2) is 29.2 Å². The molecule has 3 aromatic rings. The van der Waals surface area contributed by atoms with Gasteiger partial charge in [-0.2, -0.15) is 0 Å². The van der Waals surface area contributed by atoms with Gasteiger partial charge in [0.15, 0.2) is 0 Å². The van der Waals surface area contributed by atoms with E-state index in [0.29, 0.717) is 6.61 Å². The zero-order valence-corrected chi connectivity index (χ0v) is 19.1. The van der Waals surface area contributed by atoms with Crippen molar-refractivity contribution in [3.63, 3.8) is 0 Å². The molecule has 6 nitrogen and oxygen atoms in total. The molecule has 0 bridgehead atoms. The third kappa shape index (κ3) is 5.78. The van der Waals surface area contributed by atoms with Crippen molar-refractivity contribution in [1.29, 1.82) is 0 Å². The van der Waals surface area contributed by atoms with Crippen LogP contribution in [0.25, 0.3) is 11.0 Å². The molecule has 0 spiro atoms. The summed E-state index contributed by atoms with van der Waals surface area (Å²) < 4.78 is 13.3. The summed E-state index contributed by atoms with van der Waals surface area (Å²) in [6.45, 7) is 9.19. The number of aryl methyl sites for hydroxylation is 1. The van der Waals surface area contributed by atoms with Gasteiger partial charge in [-0.3, -0.25) is 4.79 Å². The molecule has 2 aromatic carbocycles. The lowest BCUT2D eigenvalue weighted by Crippen LogP contribution is -2.37. The summed E-state index contributed by atoms with van der Waals surface area (Å²) in [5, 5.41) is 3.11. The minimum absolute atomic E-state index is 0.0188. The van der Waals surface area contributed by atoms with Gasteiger partial charge in [0.05, 0.1) is 30.8 Å². The summed E-state index contributed by atoms with van der Waals surface area (Å²) in [5.74, 6) is 2.50. The van der Waals surface area contributed by atoms with Crippen molar-refractivity contribution in [2.75, 3.05) is 13.7 Å². The molecule has 0 aliphatic carbocycles. The van der Waals surface area contributed by atoms with Crippen molar-refractivity contribution >= 4 is 16.9 Å². The van der Waals surface area contributed by atoms with Gasteiger partial charge in [-0.25, -0.2) is 4.98 Å². The Morgan fingerprint density at radius 1 is 1.10 bits per heavy atom. The molecule has 1 unspecified atom stereocenters. The first-order valence-corrected chi connectivity index (χ1v) is 10.8. The number of carbonyl (C=O) groups is 1. The number of aromatic nitrogens is 2. The summed E-state index contributed by atoms with van der Waals surface area (Å²) in [7, 11) is 1.65. The predicted octanol–water partition coefficient (Wildman–Crippen LogP) is 5.13. The highest BCUT2D eigenvalue weighted by molar-refractivity contribution is 5.82. The van der Waals surface area contributed by atoms with Crippen LogP contribution in [0.5, 0.6) is 11.5 Å². The number of para-hydroxylation sites is 2. The number of nitrogens with one attached hydrogen (secondary N) is 1. The molecule has 6 heteroatoms. The van der Waals surface area contributed by atoms with Gasteiger partial charge in [0.1, 0.15) is 17.3 Å². The van der Waals surface area contributed by atoms with Crippen molar-refractivity contribution in [1.82, 2.24) is 14.9 Å². The highest BCUT2D eigenvalue weighted by Crippen LogP contribution is 2.24. The highest BCUT2D eigenvalue weighted by atomic mass is 16.5. The zero-order valence-electron chi connectivity index (χ0n) is 19.1. The number of carbonyl (C=O) groups excluding carboxylic acids is 1. The van der Waals surface area contributed by atoms with Crippen LogP contribution in [0.1, 0.15) is 52.4 Å². The Bertz CT molecular complexity index is 1020. The zero-order chi connectivity index (χ0) is 22.4. The van der Waals surface area contributed by atoms with Crippen LogP contribution in [-0.2, 0) is 11.3 Å². The summed E-state index contributed by atoms with van der Waals surface area (Å²) in [5.41, 5.74) is 1.59. The van der Waals surface area contributed by atoms with Crippen molar-refractivity contribution in [2.24, 2.45) is 5.41 Å². The summed E-state index contributed by atoms with van der Waals surface area (Å²) in [4.78, 5) is 17.3. The fourth-order valence-corrected chi connectivity index (χ4v) is 3.39. The highest BCUT2D eigenvalue weighted by Gasteiger charge is 2.25. The molecule has 0 fully saturated rings. The molecule has 3 rings (SSSR count). The van der Waals surface area contributed by atoms with Crippen LogP contribution in [0.2, 0.25) is 0 Å². The summed E-state index contributed by atoms with van der Waals surface area (Å²) in [6.07, 6.45) is 1.85. The Morgan fingerprint density at radius 2 is 1.84 bits per heavy atom. The molecule has 166 valence electrons. The lowest BCUT2D eigenvalue weighted by atomic mass is 9.95. The molecule has 1 amide bonds. The second kappa shape index (κ2) is 9.86. The first-order valence-electron chi connectivity index (χ1n) is 10.8. The average molecular weight is 424 g/mol. The molecular formula is C25H33N3O3. The number of benzene rings is 2. The van der Waals surface area contributed by atoms with Crippen LogP contribution in [0.4, 0.5) is 0 Å². The van der Waals surface area contributed by atoms with Gasteiger partial charge >= 0.3 is 0 Å². The first kappa shape index (κ1) is 22.7.